The van der Waals surface area contributed by atoms with Gasteiger partial charge in [-0.2, -0.15) is 0 Å². The Morgan fingerprint density at radius 2 is 1.90 bits per heavy atom. The molecule has 4 fully saturated rings. The molecule has 0 aromatic carbocycles. The number of rotatable bonds is 4. The van der Waals surface area contributed by atoms with Gasteiger partial charge in [0.1, 0.15) is 5.82 Å². The smallest absolute Gasteiger partial charge is 0.215 e. The summed E-state index contributed by atoms with van der Waals surface area (Å²) in [6.07, 6.45) is 12.3. The number of nitrogens with one attached hydrogen (secondary N) is 2. The van der Waals surface area contributed by atoms with Crippen LogP contribution in [0.3, 0.4) is 0 Å². The van der Waals surface area contributed by atoms with Crippen LogP contribution in [0.25, 0.3) is 16.8 Å². The van der Waals surface area contributed by atoms with Crippen molar-refractivity contribution in [3.05, 3.63) is 24.3 Å². The Morgan fingerprint density at radius 1 is 1.10 bits per heavy atom. The number of nitrogens with zero attached hydrogens (tertiary/aromatic N) is 4. The zero-order chi connectivity index (χ0) is 19.5. The number of fused-ring (bicyclic) bond motifs is 3. The monoisotopic (exact) mass is 412 g/mol. The normalized spacial score (nSPS) is 36.4. The molecule has 8 nitrogen and oxygen atoms in total. The molecule has 4 aliphatic rings. The second-order valence-corrected chi connectivity index (χ2v) is 11.6. The Balaban J connectivity index is 1.36. The van der Waals surface area contributed by atoms with E-state index in [1.54, 1.807) is 6.20 Å². The third-order valence-corrected chi connectivity index (χ3v) is 11.0. The van der Waals surface area contributed by atoms with Gasteiger partial charge in [0, 0.05) is 22.6 Å². The molecule has 29 heavy (non-hydrogen) atoms. The fraction of sp³-hybridized carbons (Fsp3) is 0.650. The average molecular weight is 413 g/mol. The standard InChI is InChI=1S/C20H24N6O2S/c27-29(28,13-2-1-3-13)25-20-9-6-18(5-7-19(18,20)8-10-20)17-24-23-15-12-22-16-14(26(15)17)4-11-21-16/h4,11-13,21,25H,1-3,5-10H2. The molecule has 4 aliphatic carbocycles. The van der Waals surface area contributed by atoms with Crippen LogP contribution in [-0.4, -0.2) is 43.8 Å². The maximum atomic E-state index is 13.0. The number of aromatic nitrogens is 5. The van der Waals surface area contributed by atoms with Gasteiger partial charge in [0.05, 0.1) is 17.0 Å². The SMILES string of the molecule is O=S(=O)(NC12CCC3(c4nnc5cnc6[nH]ccc6n45)CCC13CC2)C1CCC1. The third-order valence-electron chi connectivity index (χ3n) is 8.97. The predicted molar refractivity (Wildman–Crippen MR) is 107 cm³/mol. The Bertz CT molecular complexity index is 1270. The number of sulfonamides is 1. The van der Waals surface area contributed by atoms with E-state index in [-0.39, 0.29) is 21.6 Å². The second-order valence-electron chi connectivity index (χ2n) is 9.63. The summed E-state index contributed by atoms with van der Waals surface area (Å²) in [4.78, 5) is 7.62. The van der Waals surface area contributed by atoms with Crippen LogP contribution >= 0.6 is 0 Å². The van der Waals surface area contributed by atoms with Gasteiger partial charge in [0.2, 0.25) is 10.0 Å². The van der Waals surface area contributed by atoms with Crippen molar-refractivity contribution in [2.75, 3.05) is 0 Å². The quantitative estimate of drug-likeness (QED) is 0.685. The number of H-pyrrole nitrogens is 1. The van der Waals surface area contributed by atoms with Crippen molar-refractivity contribution >= 4 is 26.8 Å². The van der Waals surface area contributed by atoms with E-state index in [1.165, 1.54) is 0 Å². The van der Waals surface area contributed by atoms with Gasteiger partial charge >= 0.3 is 0 Å². The molecular formula is C20H24N6O2S. The van der Waals surface area contributed by atoms with Gasteiger partial charge in [-0.25, -0.2) is 18.1 Å². The first-order valence-corrected chi connectivity index (χ1v) is 12.3. The minimum Gasteiger partial charge on any atom is -0.345 e. The van der Waals surface area contributed by atoms with Crippen LogP contribution in [-0.2, 0) is 15.4 Å². The number of hydrogen-bond donors (Lipinski definition) is 2. The molecule has 0 radical (unpaired) electrons. The Morgan fingerprint density at radius 3 is 2.59 bits per heavy atom. The average Bonchev–Trinajstić information content (AvgIpc) is 3.25. The van der Waals surface area contributed by atoms with Crippen molar-refractivity contribution in [2.45, 2.75) is 74.0 Å². The molecule has 9 heteroatoms. The molecule has 3 aromatic heterocycles. The zero-order valence-corrected chi connectivity index (χ0v) is 17.0. The van der Waals surface area contributed by atoms with Crippen LogP contribution in [0.4, 0.5) is 0 Å². The highest BCUT2D eigenvalue weighted by Gasteiger charge is 2.79. The van der Waals surface area contributed by atoms with Gasteiger partial charge in [-0.1, -0.05) is 6.42 Å². The largest absolute Gasteiger partial charge is 0.345 e. The molecular weight excluding hydrogens is 388 g/mol. The van der Waals surface area contributed by atoms with E-state index < -0.39 is 10.0 Å². The van der Waals surface area contributed by atoms with Crippen molar-refractivity contribution in [3.8, 4) is 0 Å². The summed E-state index contributed by atoms with van der Waals surface area (Å²) < 4.78 is 31.4. The van der Waals surface area contributed by atoms with E-state index in [1.807, 2.05) is 12.3 Å². The summed E-state index contributed by atoms with van der Waals surface area (Å²) >= 11 is 0. The van der Waals surface area contributed by atoms with Crippen LogP contribution < -0.4 is 4.72 Å². The van der Waals surface area contributed by atoms with E-state index in [4.69, 9.17) is 0 Å². The van der Waals surface area contributed by atoms with Crippen molar-refractivity contribution in [1.82, 2.24) is 29.3 Å². The molecule has 1 spiro atoms. The second kappa shape index (κ2) is 5.00. The van der Waals surface area contributed by atoms with Gasteiger partial charge in [0.25, 0.3) is 0 Å². The molecule has 0 amide bonds. The van der Waals surface area contributed by atoms with Crippen molar-refractivity contribution in [3.63, 3.8) is 0 Å². The first-order chi connectivity index (χ1) is 14.0. The van der Waals surface area contributed by atoms with Crippen LogP contribution in [0.15, 0.2) is 18.5 Å². The highest BCUT2D eigenvalue weighted by Crippen LogP contribution is 2.78. The zero-order valence-electron chi connectivity index (χ0n) is 16.2. The molecule has 2 N–H and O–H groups in total. The first-order valence-electron chi connectivity index (χ1n) is 10.7. The highest BCUT2D eigenvalue weighted by molar-refractivity contribution is 7.90. The first kappa shape index (κ1) is 16.8. The van der Waals surface area contributed by atoms with Gasteiger partial charge in [-0.3, -0.25) is 4.40 Å². The fourth-order valence-electron chi connectivity index (χ4n) is 7.03. The summed E-state index contributed by atoms with van der Waals surface area (Å²) in [5, 5.41) is 8.91. The molecule has 7 rings (SSSR count). The summed E-state index contributed by atoms with van der Waals surface area (Å²) in [7, 11) is -3.25. The number of aromatic amines is 1. The van der Waals surface area contributed by atoms with E-state index >= 15 is 0 Å². The lowest BCUT2D eigenvalue weighted by Gasteiger charge is -2.68. The lowest BCUT2D eigenvalue weighted by atomic mass is 9.38. The lowest BCUT2D eigenvalue weighted by Crippen LogP contribution is -2.73. The molecule has 3 heterocycles. The number of hydrogen-bond acceptors (Lipinski definition) is 5. The summed E-state index contributed by atoms with van der Waals surface area (Å²) in [5.74, 6) is 0.996. The van der Waals surface area contributed by atoms with Crippen molar-refractivity contribution < 1.29 is 8.42 Å². The van der Waals surface area contributed by atoms with Crippen molar-refractivity contribution in [2.24, 2.45) is 5.41 Å². The van der Waals surface area contributed by atoms with E-state index in [9.17, 15) is 8.42 Å². The lowest BCUT2D eigenvalue weighted by molar-refractivity contribution is -0.119. The van der Waals surface area contributed by atoms with Crippen LogP contribution in [0, 0.1) is 5.41 Å². The Hall–Kier alpha value is -2.00. The van der Waals surface area contributed by atoms with E-state index in [0.717, 1.165) is 80.4 Å². The molecule has 0 bridgehead atoms. The van der Waals surface area contributed by atoms with Gasteiger partial charge in [-0.15, -0.1) is 10.2 Å². The van der Waals surface area contributed by atoms with Crippen LogP contribution in [0.2, 0.25) is 0 Å². The Labute approximate surface area is 168 Å². The maximum Gasteiger partial charge on any atom is 0.215 e. The minimum atomic E-state index is -3.25. The molecule has 0 saturated heterocycles. The third kappa shape index (κ3) is 1.73. The molecule has 3 atom stereocenters. The van der Waals surface area contributed by atoms with E-state index in [2.05, 4.69) is 29.3 Å². The molecule has 3 aromatic rings. The molecule has 152 valence electrons. The summed E-state index contributed by atoms with van der Waals surface area (Å²) in [6, 6.07) is 2.02. The maximum absolute atomic E-state index is 13.0. The topological polar surface area (TPSA) is 105 Å². The predicted octanol–water partition coefficient (Wildman–Crippen LogP) is 2.42. The van der Waals surface area contributed by atoms with Gasteiger partial charge < -0.3 is 4.98 Å². The molecule has 0 aliphatic heterocycles. The van der Waals surface area contributed by atoms with E-state index in [0.29, 0.717) is 0 Å². The molecule has 3 unspecified atom stereocenters. The highest BCUT2D eigenvalue weighted by atomic mass is 32.2. The van der Waals surface area contributed by atoms with Crippen molar-refractivity contribution in [1.29, 1.82) is 0 Å². The van der Waals surface area contributed by atoms with Gasteiger partial charge in [-0.05, 0) is 57.4 Å². The molecule has 4 saturated carbocycles. The van der Waals surface area contributed by atoms with Crippen LogP contribution in [0.1, 0.15) is 63.6 Å². The summed E-state index contributed by atoms with van der Waals surface area (Å²) in [6.45, 7) is 0. The van der Waals surface area contributed by atoms with Gasteiger partial charge in [0.15, 0.2) is 11.3 Å². The minimum absolute atomic E-state index is 0.0221. The Kier molecular flexibility index (Phi) is 2.89. The summed E-state index contributed by atoms with van der Waals surface area (Å²) in [5.41, 5.74) is 2.16. The van der Waals surface area contributed by atoms with Crippen LogP contribution in [0.5, 0.6) is 0 Å². The fourth-order valence-corrected chi connectivity index (χ4v) is 9.10.